The Morgan fingerprint density at radius 2 is 2.33 bits per heavy atom. The van der Waals surface area contributed by atoms with Crippen LogP contribution in [0.5, 0.6) is 0 Å². The third kappa shape index (κ3) is 2.62. The minimum Gasteiger partial charge on any atom is -0.361 e. The highest BCUT2D eigenvalue weighted by atomic mass is 32.1. The average molecular weight is 304 g/mol. The van der Waals surface area contributed by atoms with Gasteiger partial charge >= 0.3 is 0 Å². The van der Waals surface area contributed by atoms with Crippen LogP contribution in [0.1, 0.15) is 46.8 Å². The fourth-order valence-electron chi connectivity index (χ4n) is 3.08. The Bertz CT molecular complexity index is 640. The van der Waals surface area contributed by atoms with Crippen molar-refractivity contribution in [2.24, 2.45) is 0 Å². The highest BCUT2D eigenvalue weighted by molar-refractivity contribution is 7.10. The SMILES string of the molecule is Cc1noc(C)c1CCC(=O)N1CCc2sccc2[C@@H]1C. The summed E-state index contributed by atoms with van der Waals surface area (Å²) in [5.41, 5.74) is 3.29. The molecule has 0 radical (unpaired) electrons. The summed E-state index contributed by atoms with van der Waals surface area (Å²) in [5, 5.41) is 6.07. The van der Waals surface area contributed by atoms with Gasteiger partial charge < -0.3 is 9.42 Å². The average Bonchev–Trinajstić information content (AvgIpc) is 3.05. The molecule has 0 bridgehead atoms. The van der Waals surface area contributed by atoms with Crippen LogP contribution in [0.4, 0.5) is 0 Å². The molecule has 5 heteroatoms. The molecule has 2 aromatic rings. The van der Waals surface area contributed by atoms with Crippen LogP contribution >= 0.6 is 11.3 Å². The predicted octanol–water partition coefficient (Wildman–Crippen LogP) is 3.43. The molecule has 0 saturated carbocycles. The fraction of sp³-hybridized carbons (Fsp3) is 0.500. The number of hydrogen-bond acceptors (Lipinski definition) is 4. The van der Waals surface area contributed by atoms with Gasteiger partial charge in [0.05, 0.1) is 11.7 Å². The van der Waals surface area contributed by atoms with Crippen molar-refractivity contribution < 1.29 is 9.32 Å². The normalized spacial score (nSPS) is 17.9. The van der Waals surface area contributed by atoms with Crippen molar-refractivity contribution >= 4 is 17.2 Å². The van der Waals surface area contributed by atoms with Crippen LogP contribution in [0.25, 0.3) is 0 Å². The summed E-state index contributed by atoms with van der Waals surface area (Å²) in [6.07, 6.45) is 2.21. The van der Waals surface area contributed by atoms with E-state index in [0.717, 1.165) is 30.0 Å². The summed E-state index contributed by atoms with van der Waals surface area (Å²) in [6.45, 7) is 6.78. The molecule has 3 rings (SSSR count). The molecule has 4 nitrogen and oxygen atoms in total. The van der Waals surface area contributed by atoms with Crippen LogP contribution in [0.3, 0.4) is 0 Å². The maximum atomic E-state index is 12.5. The van der Waals surface area contributed by atoms with Gasteiger partial charge in [0.15, 0.2) is 0 Å². The van der Waals surface area contributed by atoms with Crippen LogP contribution in [0.2, 0.25) is 0 Å². The van der Waals surface area contributed by atoms with Gasteiger partial charge in [-0.1, -0.05) is 5.16 Å². The van der Waals surface area contributed by atoms with Crippen molar-refractivity contribution in [3.8, 4) is 0 Å². The van der Waals surface area contributed by atoms with Gasteiger partial charge in [-0.15, -0.1) is 11.3 Å². The first-order chi connectivity index (χ1) is 10.1. The van der Waals surface area contributed by atoms with Crippen LogP contribution in [-0.2, 0) is 17.6 Å². The van der Waals surface area contributed by atoms with Crippen molar-refractivity contribution in [1.82, 2.24) is 10.1 Å². The summed E-state index contributed by atoms with van der Waals surface area (Å²) >= 11 is 1.80. The molecule has 1 aliphatic heterocycles. The maximum absolute atomic E-state index is 12.5. The van der Waals surface area contributed by atoms with Crippen molar-refractivity contribution in [2.45, 2.75) is 46.1 Å². The Kier molecular flexibility index (Phi) is 3.85. The van der Waals surface area contributed by atoms with E-state index in [1.54, 1.807) is 11.3 Å². The number of thiophene rings is 1. The molecular weight excluding hydrogens is 284 g/mol. The van der Waals surface area contributed by atoms with E-state index in [1.165, 1.54) is 10.4 Å². The van der Waals surface area contributed by atoms with E-state index in [9.17, 15) is 4.79 Å². The highest BCUT2D eigenvalue weighted by Gasteiger charge is 2.28. The molecule has 21 heavy (non-hydrogen) atoms. The summed E-state index contributed by atoms with van der Waals surface area (Å²) in [5.74, 6) is 1.05. The molecule has 2 aromatic heterocycles. The lowest BCUT2D eigenvalue weighted by atomic mass is 10.00. The molecule has 3 heterocycles. The second kappa shape index (κ2) is 5.64. The lowest BCUT2D eigenvalue weighted by molar-refractivity contribution is -0.133. The third-order valence-electron chi connectivity index (χ3n) is 4.37. The molecule has 0 spiro atoms. The molecule has 0 saturated heterocycles. The zero-order chi connectivity index (χ0) is 15.0. The first kappa shape index (κ1) is 14.3. The van der Waals surface area contributed by atoms with E-state index >= 15 is 0 Å². The Morgan fingerprint density at radius 3 is 3.05 bits per heavy atom. The first-order valence-electron chi connectivity index (χ1n) is 7.35. The van der Waals surface area contributed by atoms with Crippen molar-refractivity contribution in [1.29, 1.82) is 0 Å². The van der Waals surface area contributed by atoms with Crippen molar-refractivity contribution in [3.63, 3.8) is 0 Å². The van der Waals surface area contributed by atoms with Crippen molar-refractivity contribution in [3.05, 3.63) is 38.9 Å². The number of aromatic nitrogens is 1. The highest BCUT2D eigenvalue weighted by Crippen LogP contribution is 2.33. The van der Waals surface area contributed by atoms with Crippen LogP contribution in [0, 0.1) is 13.8 Å². The summed E-state index contributed by atoms with van der Waals surface area (Å²) in [7, 11) is 0. The number of fused-ring (bicyclic) bond motifs is 1. The van der Waals surface area contributed by atoms with E-state index < -0.39 is 0 Å². The Balaban J connectivity index is 1.67. The van der Waals surface area contributed by atoms with E-state index in [-0.39, 0.29) is 11.9 Å². The predicted molar refractivity (Wildman–Crippen MR) is 82.4 cm³/mol. The quantitative estimate of drug-likeness (QED) is 0.872. The lowest BCUT2D eigenvalue weighted by Crippen LogP contribution is -2.38. The van der Waals surface area contributed by atoms with Crippen LogP contribution in [-0.4, -0.2) is 22.5 Å². The molecule has 1 amide bonds. The summed E-state index contributed by atoms with van der Waals surface area (Å²) < 4.78 is 5.16. The molecule has 112 valence electrons. The number of amides is 1. The van der Waals surface area contributed by atoms with Gasteiger partial charge in [-0.25, -0.2) is 0 Å². The lowest BCUT2D eigenvalue weighted by Gasteiger charge is -2.33. The van der Waals surface area contributed by atoms with Gasteiger partial charge in [-0.2, -0.15) is 0 Å². The molecule has 0 aromatic carbocycles. The molecule has 1 atom stereocenters. The third-order valence-corrected chi connectivity index (χ3v) is 5.36. The van der Waals surface area contributed by atoms with Gasteiger partial charge in [0.2, 0.25) is 5.91 Å². The molecule has 0 aliphatic carbocycles. The molecule has 0 fully saturated rings. The minimum absolute atomic E-state index is 0.192. The van der Waals surface area contributed by atoms with Gasteiger partial charge in [-0.05, 0) is 50.6 Å². The van der Waals surface area contributed by atoms with Crippen LogP contribution in [0.15, 0.2) is 16.0 Å². The Labute approximate surface area is 128 Å². The Morgan fingerprint density at radius 1 is 1.52 bits per heavy atom. The molecule has 0 unspecified atom stereocenters. The van der Waals surface area contributed by atoms with Gasteiger partial charge in [0, 0.05) is 23.4 Å². The number of aryl methyl sites for hydroxylation is 2. The summed E-state index contributed by atoms with van der Waals surface area (Å²) in [6, 6.07) is 2.34. The van der Waals surface area contributed by atoms with Crippen molar-refractivity contribution in [2.75, 3.05) is 6.54 Å². The first-order valence-corrected chi connectivity index (χ1v) is 8.23. The Hall–Kier alpha value is -1.62. The summed E-state index contributed by atoms with van der Waals surface area (Å²) in [4.78, 5) is 16.0. The smallest absolute Gasteiger partial charge is 0.223 e. The van der Waals surface area contributed by atoms with Gasteiger partial charge in [0.25, 0.3) is 0 Å². The number of carbonyl (C=O) groups is 1. The second-order valence-electron chi connectivity index (χ2n) is 5.61. The maximum Gasteiger partial charge on any atom is 0.223 e. The zero-order valence-corrected chi connectivity index (χ0v) is 13.5. The minimum atomic E-state index is 0.192. The zero-order valence-electron chi connectivity index (χ0n) is 12.7. The number of rotatable bonds is 3. The molecule has 1 aliphatic rings. The molecular formula is C16H20N2O2S. The van der Waals surface area contributed by atoms with E-state index in [0.29, 0.717) is 12.8 Å². The monoisotopic (exact) mass is 304 g/mol. The molecule has 0 N–H and O–H groups in total. The van der Waals surface area contributed by atoms with E-state index in [4.69, 9.17) is 4.52 Å². The number of nitrogens with zero attached hydrogens (tertiary/aromatic N) is 2. The largest absolute Gasteiger partial charge is 0.361 e. The second-order valence-corrected chi connectivity index (χ2v) is 6.62. The number of carbonyl (C=O) groups excluding carboxylic acids is 1. The van der Waals surface area contributed by atoms with E-state index in [2.05, 4.69) is 23.5 Å². The van der Waals surface area contributed by atoms with Gasteiger partial charge in [0.1, 0.15) is 5.76 Å². The fourth-order valence-corrected chi connectivity index (χ4v) is 4.05. The van der Waals surface area contributed by atoms with Gasteiger partial charge in [-0.3, -0.25) is 4.79 Å². The topological polar surface area (TPSA) is 46.3 Å². The van der Waals surface area contributed by atoms with Crippen LogP contribution < -0.4 is 0 Å². The van der Waals surface area contributed by atoms with E-state index in [1.807, 2.05) is 18.7 Å². The number of hydrogen-bond donors (Lipinski definition) is 0. The standard InChI is InChI=1S/C16H20N2O2S/c1-10-13(12(3)20-17-10)4-5-16(19)18-8-6-15-14(11(18)2)7-9-21-15/h7,9,11H,4-6,8H2,1-3H3/t11-/m0/s1.